The van der Waals surface area contributed by atoms with E-state index in [0.717, 1.165) is 35.7 Å². The van der Waals surface area contributed by atoms with Gasteiger partial charge in [-0.15, -0.1) is 11.3 Å². The number of piperidine rings is 1. The number of nitrogens with one attached hydrogen (secondary N) is 1. The fourth-order valence-electron chi connectivity index (χ4n) is 2.78. The third-order valence-electron chi connectivity index (χ3n) is 3.87. The molecule has 0 amide bonds. The molecule has 2 aromatic rings. The van der Waals surface area contributed by atoms with Gasteiger partial charge in [0.2, 0.25) is 10.0 Å². The van der Waals surface area contributed by atoms with Gasteiger partial charge in [0, 0.05) is 29.2 Å². The van der Waals surface area contributed by atoms with Crippen molar-refractivity contribution in [2.45, 2.75) is 26.2 Å². The Labute approximate surface area is 141 Å². The summed E-state index contributed by atoms with van der Waals surface area (Å²) in [5.74, 6) is 0. The van der Waals surface area contributed by atoms with E-state index in [1.165, 1.54) is 24.1 Å². The second kappa shape index (κ2) is 6.49. The number of aryl methyl sites for hydroxylation is 1. The summed E-state index contributed by atoms with van der Waals surface area (Å²) in [4.78, 5) is 8.37. The molecule has 0 unspecified atom stereocenters. The molecule has 5 nitrogen and oxygen atoms in total. The van der Waals surface area contributed by atoms with E-state index in [9.17, 15) is 8.42 Å². The second-order valence-electron chi connectivity index (χ2n) is 5.90. The first-order valence-electron chi connectivity index (χ1n) is 7.73. The van der Waals surface area contributed by atoms with Crippen molar-refractivity contribution in [2.75, 3.05) is 29.0 Å². The summed E-state index contributed by atoms with van der Waals surface area (Å²) in [6, 6.07) is 7.37. The highest BCUT2D eigenvalue weighted by Gasteiger charge is 2.17. The fraction of sp³-hybridized carbons (Fsp3) is 0.438. The lowest BCUT2D eigenvalue weighted by Gasteiger charge is -2.25. The zero-order chi connectivity index (χ0) is 16.4. The van der Waals surface area contributed by atoms with Crippen LogP contribution in [-0.2, 0) is 10.0 Å². The molecule has 0 aliphatic carbocycles. The Kier molecular flexibility index (Phi) is 4.59. The third kappa shape index (κ3) is 4.03. The lowest BCUT2D eigenvalue weighted by Crippen LogP contribution is -2.29. The van der Waals surface area contributed by atoms with E-state index in [2.05, 4.69) is 16.5 Å². The summed E-state index contributed by atoms with van der Waals surface area (Å²) in [7, 11) is -3.24. The van der Waals surface area contributed by atoms with E-state index in [1.54, 1.807) is 23.5 Å². The molecule has 3 rings (SSSR count). The van der Waals surface area contributed by atoms with Crippen molar-refractivity contribution in [3.63, 3.8) is 0 Å². The monoisotopic (exact) mass is 351 g/mol. The molecule has 0 spiro atoms. The van der Waals surface area contributed by atoms with Crippen LogP contribution in [0, 0.1) is 6.92 Å². The fourth-order valence-corrected chi connectivity index (χ4v) is 4.33. The van der Waals surface area contributed by atoms with Gasteiger partial charge in [0.15, 0.2) is 5.13 Å². The molecule has 23 heavy (non-hydrogen) atoms. The van der Waals surface area contributed by atoms with Crippen molar-refractivity contribution in [3.05, 3.63) is 29.1 Å². The van der Waals surface area contributed by atoms with Crippen LogP contribution in [0.25, 0.3) is 11.3 Å². The molecule has 1 N–H and O–H groups in total. The maximum Gasteiger partial charge on any atom is 0.229 e. The molecule has 0 atom stereocenters. The molecule has 1 saturated heterocycles. The van der Waals surface area contributed by atoms with E-state index >= 15 is 0 Å². The van der Waals surface area contributed by atoms with Gasteiger partial charge in [0.1, 0.15) is 0 Å². The van der Waals surface area contributed by atoms with Gasteiger partial charge >= 0.3 is 0 Å². The number of nitrogens with zero attached hydrogens (tertiary/aromatic N) is 2. The Morgan fingerprint density at radius 3 is 2.39 bits per heavy atom. The van der Waals surface area contributed by atoms with E-state index < -0.39 is 10.0 Å². The number of sulfonamides is 1. The Hall–Kier alpha value is -1.60. The minimum Gasteiger partial charge on any atom is -0.348 e. The van der Waals surface area contributed by atoms with Crippen LogP contribution >= 0.6 is 11.3 Å². The molecule has 1 aliphatic rings. The number of anilines is 2. The van der Waals surface area contributed by atoms with Gasteiger partial charge in [0.25, 0.3) is 0 Å². The van der Waals surface area contributed by atoms with Crippen molar-refractivity contribution in [3.8, 4) is 11.3 Å². The summed E-state index contributed by atoms with van der Waals surface area (Å²) in [5, 5.41) is 1.09. The topological polar surface area (TPSA) is 62.3 Å². The van der Waals surface area contributed by atoms with Crippen LogP contribution in [0.4, 0.5) is 10.8 Å². The molecule has 2 heterocycles. The maximum absolute atomic E-state index is 11.3. The van der Waals surface area contributed by atoms with Gasteiger partial charge in [-0.1, -0.05) is 12.1 Å². The summed E-state index contributed by atoms with van der Waals surface area (Å²) in [5.41, 5.74) is 2.57. The molecule has 1 aromatic carbocycles. The number of rotatable bonds is 4. The van der Waals surface area contributed by atoms with Crippen LogP contribution in [0.5, 0.6) is 0 Å². The van der Waals surface area contributed by atoms with Crippen LogP contribution in [0.15, 0.2) is 24.3 Å². The van der Waals surface area contributed by atoms with E-state index in [1.807, 2.05) is 12.1 Å². The normalized spacial score (nSPS) is 15.7. The quantitative estimate of drug-likeness (QED) is 0.916. The molecular weight excluding hydrogens is 330 g/mol. The predicted octanol–water partition coefficient (Wildman–Crippen LogP) is 3.48. The van der Waals surface area contributed by atoms with Gasteiger partial charge in [-0.3, -0.25) is 4.72 Å². The predicted molar refractivity (Wildman–Crippen MR) is 96.8 cm³/mol. The van der Waals surface area contributed by atoms with Crippen LogP contribution in [0.3, 0.4) is 0 Å². The zero-order valence-corrected chi connectivity index (χ0v) is 15.0. The van der Waals surface area contributed by atoms with Crippen molar-refractivity contribution in [1.82, 2.24) is 4.98 Å². The van der Waals surface area contributed by atoms with Crippen molar-refractivity contribution in [1.29, 1.82) is 0 Å². The number of aromatic nitrogens is 1. The van der Waals surface area contributed by atoms with Crippen LogP contribution in [0.1, 0.15) is 24.1 Å². The van der Waals surface area contributed by atoms with E-state index in [0.29, 0.717) is 5.69 Å². The van der Waals surface area contributed by atoms with Crippen LogP contribution in [-0.4, -0.2) is 32.7 Å². The first-order chi connectivity index (χ1) is 10.9. The highest BCUT2D eigenvalue weighted by Crippen LogP contribution is 2.34. The Balaban J connectivity index is 1.82. The van der Waals surface area contributed by atoms with E-state index in [4.69, 9.17) is 4.98 Å². The minimum absolute atomic E-state index is 0.570. The second-order valence-corrected chi connectivity index (χ2v) is 8.83. The molecule has 1 fully saturated rings. The Bertz CT molecular complexity index is 776. The molecule has 124 valence electrons. The maximum atomic E-state index is 11.3. The number of hydrogen-bond donors (Lipinski definition) is 1. The van der Waals surface area contributed by atoms with Crippen molar-refractivity contribution in [2.24, 2.45) is 0 Å². The highest BCUT2D eigenvalue weighted by molar-refractivity contribution is 7.92. The third-order valence-corrected chi connectivity index (χ3v) is 5.51. The minimum atomic E-state index is -3.24. The summed E-state index contributed by atoms with van der Waals surface area (Å²) in [6.07, 6.45) is 4.93. The number of hydrogen-bond acceptors (Lipinski definition) is 5. The Morgan fingerprint density at radius 2 is 1.78 bits per heavy atom. The Morgan fingerprint density at radius 1 is 1.13 bits per heavy atom. The molecule has 0 saturated carbocycles. The van der Waals surface area contributed by atoms with Crippen molar-refractivity contribution >= 4 is 32.2 Å². The molecule has 7 heteroatoms. The first-order valence-corrected chi connectivity index (χ1v) is 10.4. The molecule has 0 radical (unpaired) electrons. The number of thiazole rings is 1. The van der Waals surface area contributed by atoms with Crippen molar-refractivity contribution < 1.29 is 8.42 Å². The van der Waals surface area contributed by atoms with Gasteiger partial charge < -0.3 is 4.90 Å². The summed E-state index contributed by atoms with van der Waals surface area (Å²) < 4.78 is 25.0. The lowest BCUT2D eigenvalue weighted by atomic mass is 10.1. The number of benzene rings is 1. The SMILES string of the molecule is Cc1sc(N2CCCCC2)nc1-c1ccc(NS(C)(=O)=O)cc1. The van der Waals surface area contributed by atoms with Crippen LogP contribution < -0.4 is 9.62 Å². The van der Waals surface area contributed by atoms with E-state index in [-0.39, 0.29) is 0 Å². The highest BCUT2D eigenvalue weighted by atomic mass is 32.2. The standard InChI is InChI=1S/C16H21N3O2S2/c1-12-15(17-16(22-12)19-10-4-3-5-11-19)13-6-8-14(9-7-13)18-23(2,20)21/h6-9,18H,3-5,10-11H2,1-2H3. The average molecular weight is 351 g/mol. The molecule has 0 bridgehead atoms. The average Bonchev–Trinajstić information content (AvgIpc) is 2.89. The van der Waals surface area contributed by atoms with Gasteiger partial charge in [-0.05, 0) is 38.3 Å². The molecule has 1 aliphatic heterocycles. The van der Waals surface area contributed by atoms with Crippen LogP contribution in [0.2, 0.25) is 0 Å². The molecule has 1 aromatic heterocycles. The summed E-state index contributed by atoms with van der Waals surface area (Å²) >= 11 is 1.73. The van der Waals surface area contributed by atoms with Gasteiger partial charge in [-0.25, -0.2) is 13.4 Å². The molecular formula is C16H21N3O2S2. The largest absolute Gasteiger partial charge is 0.348 e. The lowest BCUT2D eigenvalue weighted by molar-refractivity contribution is 0.577. The van der Waals surface area contributed by atoms with Gasteiger partial charge in [0.05, 0.1) is 11.9 Å². The summed E-state index contributed by atoms with van der Waals surface area (Å²) in [6.45, 7) is 4.26. The first kappa shape index (κ1) is 16.3. The smallest absolute Gasteiger partial charge is 0.229 e. The zero-order valence-electron chi connectivity index (χ0n) is 13.4. The van der Waals surface area contributed by atoms with Gasteiger partial charge in [-0.2, -0.15) is 0 Å².